The molecule has 0 fully saturated rings. The summed E-state index contributed by atoms with van der Waals surface area (Å²) in [6.07, 6.45) is 4.38. The number of ether oxygens (including phenoxy) is 1. The molecule has 7 nitrogen and oxygen atoms in total. The molecule has 8 heteroatoms. The van der Waals surface area contributed by atoms with E-state index in [2.05, 4.69) is 10.0 Å². The summed E-state index contributed by atoms with van der Waals surface area (Å²) in [5.41, 5.74) is 0.484. The van der Waals surface area contributed by atoms with E-state index in [1.165, 1.54) is 49.8 Å². The highest BCUT2D eigenvalue weighted by atomic mass is 32.2. The van der Waals surface area contributed by atoms with E-state index in [4.69, 9.17) is 9.15 Å². The first-order chi connectivity index (χ1) is 11.9. The van der Waals surface area contributed by atoms with Gasteiger partial charge in [0.1, 0.15) is 5.76 Å². The van der Waals surface area contributed by atoms with Crippen LogP contribution in [0, 0.1) is 0 Å². The molecule has 1 aromatic carbocycles. The van der Waals surface area contributed by atoms with Crippen LogP contribution in [0.15, 0.2) is 58.1 Å². The molecule has 0 spiro atoms. The van der Waals surface area contributed by atoms with E-state index in [1.807, 2.05) is 0 Å². The van der Waals surface area contributed by atoms with E-state index in [0.717, 1.165) is 0 Å². The van der Waals surface area contributed by atoms with E-state index in [1.54, 1.807) is 19.1 Å². The molecule has 0 saturated carbocycles. The zero-order chi connectivity index (χ0) is 18.3. The van der Waals surface area contributed by atoms with Gasteiger partial charge >= 0.3 is 0 Å². The Balaban J connectivity index is 1.98. The van der Waals surface area contributed by atoms with Gasteiger partial charge in [-0.15, -0.1) is 0 Å². The van der Waals surface area contributed by atoms with Crippen molar-refractivity contribution in [2.24, 2.45) is 0 Å². The lowest BCUT2D eigenvalue weighted by atomic mass is 10.3. The lowest BCUT2D eigenvalue weighted by molar-refractivity contribution is -0.111. The number of rotatable bonds is 8. The average molecular weight is 364 g/mol. The number of carbonyl (C=O) groups is 1. The summed E-state index contributed by atoms with van der Waals surface area (Å²) in [7, 11) is -2.13. The Morgan fingerprint density at radius 3 is 2.60 bits per heavy atom. The minimum Gasteiger partial charge on any atom is -0.465 e. The quantitative estimate of drug-likeness (QED) is 0.700. The number of anilines is 1. The van der Waals surface area contributed by atoms with Gasteiger partial charge in [-0.2, -0.15) is 0 Å². The van der Waals surface area contributed by atoms with Gasteiger partial charge in [0.05, 0.1) is 17.8 Å². The summed E-state index contributed by atoms with van der Waals surface area (Å²) >= 11 is 0. The standard InChI is InChI=1S/C17H20N2O5S/c1-13(12-23-2)19-25(21,22)16-8-5-14(6-9-16)18-17(20)10-7-15-4-3-11-24-15/h3-11,13,19H,12H2,1-2H3,(H,18,20)/b10-7+. The van der Waals surface area contributed by atoms with Crippen molar-refractivity contribution in [3.05, 3.63) is 54.5 Å². The van der Waals surface area contributed by atoms with Gasteiger partial charge in [-0.1, -0.05) is 0 Å². The predicted molar refractivity (Wildman–Crippen MR) is 94.5 cm³/mol. The van der Waals surface area contributed by atoms with Crippen molar-refractivity contribution in [3.63, 3.8) is 0 Å². The fourth-order valence-corrected chi connectivity index (χ4v) is 3.29. The molecular formula is C17H20N2O5S. The van der Waals surface area contributed by atoms with Crippen LogP contribution in [-0.4, -0.2) is 34.1 Å². The molecule has 0 saturated heterocycles. The number of methoxy groups -OCH3 is 1. The van der Waals surface area contributed by atoms with E-state index in [9.17, 15) is 13.2 Å². The summed E-state index contributed by atoms with van der Waals surface area (Å²) < 4.78 is 36.9. The van der Waals surface area contributed by atoms with Crippen LogP contribution in [0.5, 0.6) is 0 Å². The van der Waals surface area contributed by atoms with Gasteiger partial charge in [0, 0.05) is 24.9 Å². The number of benzene rings is 1. The smallest absolute Gasteiger partial charge is 0.248 e. The zero-order valence-electron chi connectivity index (χ0n) is 13.9. The average Bonchev–Trinajstić information content (AvgIpc) is 3.06. The highest BCUT2D eigenvalue weighted by molar-refractivity contribution is 7.89. The van der Waals surface area contributed by atoms with Crippen molar-refractivity contribution < 1.29 is 22.4 Å². The van der Waals surface area contributed by atoms with Crippen LogP contribution in [0.1, 0.15) is 12.7 Å². The molecular weight excluding hydrogens is 344 g/mol. The van der Waals surface area contributed by atoms with E-state index < -0.39 is 10.0 Å². The molecule has 0 aliphatic carbocycles. The molecule has 0 aliphatic heterocycles. The van der Waals surface area contributed by atoms with Crippen molar-refractivity contribution in [1.29, 1.82) is 0 Å². The molecule has 2 rings (SSSR count). The van der Waals surface area contributed by atoms with Gasteiger partial charge in [0.25, 0.3) is 0 Å². The molecule has 0 bridgehead atoms. The van der Waals surface area contributed by atoms with Crippen LogP contribution in [0.25, 0.3) is 6.08 Å². The van der Waals surface area contributed by atoms with Crippen molar-refractivity contribution in [3.8, 4) is 0 Å². The Bertz CT molecular complexity index is 811. The second kappa shape index (κ2) is 8.61. The highest BCUT2D eigenvalue weighted by Gasteiger charge is 2.17. The van der Waals surface area contributed by atoms with Gasteiger partial charge in [0.2, 0.25) is 15.9 Å². The Labute approximate surface area is 146 Å². The first-order valence-electron chi connectivity index (χ1n) is 7.54. The van der Waals surface area contributed by atoms with Gasteiger partial charge < -0.3 is 14.5 Å². The molecule has 0 aliphatic rings. The molecule has 1 unspecified atom stereocenters. The largest absolute Gasteiger partial charge is 0.465 e. The number of hydrogen-bond acceptors (Lipinski definition) is 5. The first-order valence-corrected chi connectivity index (χ1v) is 9.03. The molecule has 1 heterocycles. The Morgan fingerprint density at radius 1 is 1.28 bits per heavy atom. The van der Waals surface area contributed by atoms with Crippen molar-refractivity contribution in [2.75, 3.05) is 19.0 Å². The Hall–Kier alpha value is -2.42. The third-order valence-electron chi connectivity index (χ3n) is 3.15. The van der Waals surface area contributed by atoms with Crippen molar-refractivity contribution >= 4 is 27.7 Å². The summed E-state index contributed by atoms with van der Waals surface area (Å²) in [6, 6.07) is 8.99. The molecule has 1 aromatic heterocycles. The molecule has 134 valence electrons. The fraction of sp³-hybridized carbons (Fsp3) is 0.235. The van der Waals surface area contributed by atoms with Crippen LogP contribution in [-0.2, 0) is 19.6 Å². The van der Waals surface area contributed by atoms with Gasteiger partial charge in [-0.05, 0) is 49.4 Å². The number of furan rings is 1. The predicted octanol–water partition coefficient (Wildman–Crippen LogP) is 2.24. The van der Waals surface area contributed by atoms with Crippen molar-refractivity contribution in [1.82, 2.24) is 4.72 Å². The maximum atomic E-state index is 12.2. The number of nitrogens with one attached hydrogen (secondary N) is 2. The minimum atomic E-state index is -3.64. The maximum absolute atomic E-state index is 12.2. The number of hydrogen-bond donors (Lipinski definition) is 2. The number of sulfonamides is 1. The van der Waals surface area contributed by atoms with Crippen LogP contribution in [0.3, 0.4) is 0 Å². The molecule has 25 heavy (non-hydrogen) atoms. The summed E-state index contributed by atoms with van der Waals surface area (Å²) in [6.45, 7) is 1.98. The number of amides is 1. The summed E-state index contributed by atoms with van der Waals surface area (Å²) in [4.78, 5) is 11.9. The Kier molecular flexibility index (Phi) is 6.51. The molecule has 0 radical (unpaired) electrons. The van der Waals surface area contributed by atoms with E-state index in [-0.39, 0.29) is 23.5 Å². The van der Waals surface area contributed by atoms with Crippen LogP contribution in [0.4, 0.5) is 5.69 Å². The SMILES string of the molecule is COCC(C)NS(=O)(=O)c1ccc(NC(=O)/C=C/c2ccco2)cc1. The highest BCUT2D eigenvalue weighted by Crippen LogP contribution is 2.14. The molecule has 1 atom stereocenters. The normalized spacial score (nSPS) is 13.0. The van der Waals surface area contributed by atoms with Gasteiger partial charge in [-0.25, -0.2) is 13.1 Å². The molecule has 2 aromatic rings. The van der Waals surface area contributed by atoms with Crippen LogP contribution < -0.4 is 10.0 Å². The maximum Gasteiger partial charge on any atom is 0.248 e. The topological polar surface area (TPSA) is 97.6 Å². The van der Waals surface area contributed by atoms with E-state index >= 15 is 0 Å². The van der Waals surface area contributed by atoms with E-state index in [0.29, 0.717) is 11.4 Å². The van der Waals surface area contributed by atoms with Crippen molar-refractivity contribution in [2.45, 2.75) is 17.9 Å². The van der Waals surface area contributed by atoms with Crippen LogP contribution in [0.2, 0.25) is 0 Å². The lowest BCUT2D eigenvalue weighted by Gasteiger charge is -2.13. The zero-order valence-corrected chi connectivity index (χ0v) is 14.7. The second-order valence-corrected chi connectivity index (χ2v) is 7.05. The van der Waals surface area contributed by atoms with Gasteiger partial charge in [-0.3, -0.25) is 4.79 Å². The monoisotopic (exact) mass is 364 g/mol. The fourth-order valence-electron chi connectivity index (χ4n) is 2.06. The molecule has 2 N–H and O–H groups in total. The number of carbonyl (C=O) groups excluding carboxylic acids is 1. The lowest BCUT2D eigenvalue weighted by Crippen LogP contribution is -2.35. The summed E-state index contributed by atoms with van der Waals surface area (Å²) in [5.74, 6) is 0.215. The third kappa shape index (κ3) is 5.86. The minimum absolute atomic E-state index is 0.111. The first kappa shape index (κ1) is 18.9. The summed E-state index contributed by atoms with van der Waals surface area (Å²) in [5, 5.41) is 2.64. The molecule has 1 amide bonds. The van der Waals surface area contributed by atoms with Crippen LogP contribution >= 0.6 is 0 Å². The second-order valence-electron chi connectivity index (χ2n) is 5.34. The Morgan fingerprint density at radius 2 is 2.00 bits per heavy atom. The van der Waals surface area contributed by atoms with Gasteiger partial charge in [0.15, 0.2) is 0 Å². The third-order valence-corrected chi connectivity index (χ3v) is 4.75.